The van der Waals surface area contributed by atoms with E-state index in [2.05, 4.69) is 27.7 Å². The molecule has 3 nitrogen and oxygen atoms in total. The number of rotatable bonds is 10. The van der Waals surface area contributed by atoms with Crippen molar-refractivity contribution >= 4 is 0 Å². The highest BCUT2D eigenvalue weighted by Gasteiger charge is 2.26. The third-order valence-corrected chi connectivity index (χ3v) is 4.81. The third kappa shape index (κ3) is 7.62. The van der Waals surface area contributed by atoms with Gasteiger partial charge in [0.2, 0.25) is 0 Å². The fourth-order valence-corrected chi connectivity index (χ4v) is 2.98. The van der Waals surface area contributed by atoms with E-state index in [1.54, 1.807) is 0 Å². The summed E-state index contributed by atoms with van der Waals surface area (Å²) in [7, 11) is 0. The van der Waals surface area contributed by atoms with Crippen LogP contribution < -0.4 is 0 Å². The van der Waals surface area contributed by atoms with Crippen molar-refractivity contribution in [3.8, 4) is 0 Å². The van der Waals surface area contributed by atoms with Gasteiger partial charge in [-0.2, -0.15) is 0 Å². The van der Waals surface area contributed by atoms with Crippen molar-refractivity contribution in [3.05, 3.63) is 0 Å². The highest BCUT2D eigenvalue weighted by Crippen LogP contribution is 2.31. The monoisotopic (exact) mass is 300 g/mol. The first-order valence-corrected chi connectivity index (χ1v) is 8.65. The number of aliphatic hydroxyl groups is 2. The van der Waals surface area contributed by atoms with Gasteiger partial charge in [-0.3, -0.25) is 0 Å². The van der Waals surface area contributed by atoms with Gasteiger partial charge in [0.25, 0.3) is 0 Å². The van der Waals surface area contributed by atoms with E-state index in [0.29, 0.717) is 12.2 Å². The van der Waals surface area contributed by atoms with Crippen molar-refractivity contribution in [2.45, 2.75) is 91.3 Å². The van der Waals surface area contributed by atoms with Gasteiger partial charge >= 0.3 is 0 Å². The minimum Gasteiger partial charge on any atom is -0.396 e. The van der Waals surface area contributed by atoms with E-state index in [0.717, 1.165) is 38.5 Å². The molecule has 0 amide bonds. The molecule has 1 rings (SSSR count). The highest BCUT2D eigenvalue weighted by molar-refractivity contribution is 4.76. The molecule has 0 aromatic rings. The Labute approximate surface area is 131 Å². The van der Waals surface area contributed by atoms with Crippen molar-refractivity contribution in [3.63, 3.8) is 0 Å². The predicted octanol–water partition coefficient (Wildman–Crippen LogP) is 3.91. The third-order valence-electron chi connectivity index (χ3n) is 4.81. The maximum absolute atomic E-state index is 9.26. The van der Waals surface area contributed by atoms with Crippen molar-refractivity contribution < 1.29 is 14.9 Å². The summed E-state index contributed by atoms with van der Waals surface area (Å²) in [6, 6.07) is 0. The Balaban J connectivity index is 2.12. The quantitative estimate of drug-likeness (QED) is 0.643. The maximum Gasteiger partial charge on any atom is 0.0579 e. The summed E-state index contributed by atoms with van der Waals surface area (Å²) in [5.41, 5.74) is 0.0990. The smallest absolute Gasteiger partial charge is 0.0579 e. The van der Waals surface area contributed by atoms with E-state index in [-0.39, 0.29) is 24.0 Å². The van der Waals surface area contributed by atoms with Crippen LogP contribution in [0.3, 0.4) is 0 Å². The molecule has 126 valence electrons. The van der Waals surface area contributed by atoms with Crippen LogP contribution in [0.5, 0.6) is 0 Å². The van der Waals surface area contributed by atoms with Gasteiger partial charge in [0.05, 0.1) is 12.2 Å². The summed E-state index contributed by atoms with van der Waals surface area (Å²) in [6.07, 6.45) is 9.90. The lowest BCUT2D eigenvalue weighted by Gasteiger charge is -2.23. The molecule has 0 bridgehead atoms. The molecule has 0 spiro atoms. The minimum atomic E-state index is 0.0495. The van der Waals surface area contributed by atoms with Gasteiger partial charge in [0, 0.05) is 13.2 Å². The molecule has 1 aliphatic heterocycles. The Bertz CT molecular complexity index is 258. The summed E-state index contributed by atoms with van der Waals surface area (Å²) in [6.45, 7) is 9.01. The van der Waals surface area contributed by atoms with E-state index in [4.69, 9.17) is 4.74 Å². The Morgan fingerprint density at radius 3 is 1.52 bits per heavy atom. The summed E-state index contributed by atoms with van der Waals surface area (Å²) >= 11 is 0. The van der Waals surface area contributed by atoms with E-state index in [1.165, 1.54) is 12.8 Å². The summed E-state index contributed by atoms with van der Waals surface area (Å²) in [5.74, 6) is 0. The van der Waals surface area contributed by atoms with Crippen LogP contribution in [-0.4, -0.2) is 35.6 Å². The Kier molecular flexibility index (Phi) is 7.66. The molecule has 1 fully saturated rings. The molecule has 2 atom stereocenters. The van der Waals surface area contributed by atoms with Crippen LogP contribution in [0.25, 0.3) is 0 Å². The first kappa shape index (κ1) is 18.9. The highest BCUT2D eigenvalue weighted by atomic mass is 16.5. The van der Waals surface area contributed by atoms with Crippen LogP contribution >= 0.6 is 0 Å². The maximum atomic E-state index is 9.26. The van der Waals surface area contributed by atoms with Crippen molar-refractivity contribution in [2.75, 3.05) is 13.2 Å². The van der Waals surface area contributed by atoms with Gasteiger partial charge in [-0.05, 0) is 49.4 Å². The Hall–Kier alpha value is -0.120. The molecule has 21 heavy (non-hydrogen) atoms. The first-order chi connectivity index (χ1) is 9.78. The number of hydrogen-bond donors (Lipinski definition) is 2. The molecule has 3 heteroatoms. The van der Waals surface area contributed by atoms with E-state index >= 15 is 0 Å². The average Bonchev–Trinajstić information content (AvgIpc) is 2.86. The fourth-order valence-electron chi connectivity index (χ4n) is 2.98. The van der Waals surface area contributed by atoms with Crippen LogP contribution in [0, 0.1) is 10.8 Å². The number of aliphatic hydroxyl groups excluding tert-OH is 2. The molecular weight excluding hydrogens is 264 g/mol. The second-order valence-electron chi connectivity index (χ2n) is 8.39. The average molecular weight is 300 g/mol. The van der Waals surface area contributed by atoms with E-state index in [1.807, 2.05) is 0 Å². The molecule has 1 aliphatic rings. The zero-order valence-electron chi connectivity index (χ0n) is 14.5. The molecule has 1 heterocycles. The van der Waals surface area contributed by atoms with Gasteiger partial charge in [-0.15, -0.1) is 0 Å². The van der Waals surface area contributed by atoms with Crippen LogP contribution in [-0.2, 0) is 4.74 Å². The second kappa shape index (κ2) is 8.50. The lowest BCUT2D eigenvalue weighted by Crippen LogP contribution is -2.18. The fraction of sp³-hybridized carbons (Fsp3) is 1.00. The predicted molar refractivity (Wildman–Crippen MR) is 87.3 cm³/mol. The molecule has 0 aromatic heterocycles. The van der Waals surface area contributed by atoms with Crippen LogP contribution in [0.15, 0.2) is 0 Å². The molecule has 2 N–H and O–H groups in total. The standard InChI is InChI=1S/C18H36O3/c1-17(2,13-19)11-5-7-15-9-10-16(21-15)8-6-12-18(3,4)14-20/h15-16,19-20H,5-14H2,1-4H3/t15-,16+. The molecule has 0 radical (unpaired) electrons. The van der Waals surface area contributed by atoms with Crippen molar-refractivity contribution in [1.29, 1.82) is 0 Å². The van der Waals surface area contributed by atoms with Crippen molar-refractivity contribution in [1.82, 2.24) is 0 Å². The van der Waals surface area contributed by atoms with Crippen molar-refractivity contribution in [2.24, 2.45) is 10.8 Å². The van der Waals surface area contributed by atoms with Gasteiger partial charge in [0.1, 0.15) is 0 Å². The SMILES string of the molecule is CC(C)(CO)CCC[C@@H]1CC[C@H](CCCC(C)(C)CO)O1. The zero-order chi connectivity index (χ0) is 15.9. The zero-order valence-corrected chi connectivity index (χ0v) is 14.5. The lowest BCUT2D eigenvalue weighted by molar-refractivity contribution is 0.0284. The van der Waals surface area contributed by atoms with Gasteiger partial charge < -0.3 is 14.9 Å². The normalized spacial score (nSPS) is 23.7. The van der Waals surface area contributed by atoms with Crippen LogP contribution in [0.2, 0.25) is 0 Å². The van der Waals surface area contributed by atoms with Gasteiger partial charge in [0.15, 0.2) is 0 Å². The molecule has 0 aromatic carbocycles. The largest absolute Gasteiger partial charge is 0.396 e. The number of hydrogen-bond acceptors (Lipinski definition) is 3. The summed E-state index contributed by atoms with van der Waals surface area (Å²) in [5, 5.41) is 18.5. The lowest BCUT2D eigenvalue weighted by atomic mass is 9.87. The minimum absolute atomic E-state index is 0.0495. The van der Waals surface area contributed by atoms with Crippen LogP contribution in [0.1, 0.15) is 79.1 Å². The van der Waals surface area contributed by atoms with E-state index < -0.39 is 0 Å². The number of ether oxygens (including phenoxy) is 1. The summed E-state index contributed by atoms with van der Waals surface area (Å²) < 4.78 is 6.13. The second-order valence-corrected chi connectivity index (χ2v) is 8.39. The molecular formula is C18H36O3. The van der Waals surface area contributed by atoms with Gasteiger partial charge in [-0.1, -0.05) is 40.5 Å². The van der Waals surface area contributed by atoms with Gasteiger partial charge in [-0.25, -0.2) is 0 Å². The van der Waals surface area contributed by atoms with Crippen LogP contribution in [0.4, 0.5) is 0 Å². The Morgan fingerprint density at radius 1 is 0.810 bits per heavy atom. The molecule has 0 unspecified atom stereocenters. The molecule has 0 saturated carbocycles. The first-order valence-electron chi connectivity index (χ1n) is 8.65. The summed E-state index contributed by atoms with van der Waals surface area (Å²) in [4.78, 5) is 0. The molecule has 1 saturated heterocycles. The topological polar surface area (TPSA) is 49.7 Å². The van der Waals surface area contributed by atoms with E-state index in [9.17, 15) is 10.2 Å². The Morgan fingerprint density at radius 2 is 1.19 bits per heavy atom. The molecule has 0 aliphatic carbocycles.